The molecule has 0 saturated carbocycles. The molecule has 4 rings (SSSR count). The van der Waals surface area contributed by atoms with Crippen LogP contribution in [0.1, 0.15) is 25.3 Å². The van der Waals surface area contributed by atoms with Crippen molar-refractivity contribution in [2.45, 2.75) is 19.8 Å². The SMILES string of the molecule is COc1cc(NS(C)(=O)=O)ccc1Nc1c2ccccc2nc2ccc(C(C)C)cc12.Cl. The number of benzene rings is 3. The molecular weight excluding hydrogens is 446 g/mol. The lowest BCUT2D eigenvalue weighted by atomic mass is 9.99. The monoisotopic (exact) mass is 471 g/mol. The maximum Gasteiger partial charge on any atom is 0.229 e. The summed E-state index contributed by atoms with van der Waals surface area (Å²) < 4.78 is 31.2. The van der Waals surface area contributed by atoms with Crippen molar-refractivity contribution in [1.29, 1.82) is 0 Å². The van der Waals surface area contributed by atoms with Gasteiger partial charge in [-0.15, -0.1) is 12.4 Å². The summed E-state index contributed by atoms with van der Waals surface area (Å²) in [5.41, 5.74) is 5.13. The van der Waals surface area contributed by atoms with Crippen LogP contribution in [0.2, 0.25) is 0 Å². The average molecular weight is 472 g/mol. The minimum atomic E-state index is -3.38. The molecule has 0 aliphatic heterocycles. The van der Waals surface area contributed by atoms with Gasteiger partial charge in [-0.2, -0.15) is 0 Å². The molecule has 0 spiro atoms. The zero-order valence-corrected chi connectivity index (χ0v) is 20.0. The number of para-hydroxylation sites is 1. The molecule has 0 aliphatic carbocycles. The zero-order chi connectivity index (χ0) is 22.2. The van der Waals surface area contributed by atoms with Gasteiger partial charge in [-0.1, -0.05) is 38.1 Å². The molecule has 0 saturated heterocycles. The summed E-state index contributed by atoms with van der Waals surface area (Å²) >= 11 is 0. The number of rotatable bonds is 6. The highest BCUT2D eigenvalue weighted by atomic mass is 35.5. The fraction of sp³-hybridized carbons (Fsp3) is 0.208. The van der Waals surface area contributed by atoms with E-state index in [0.29, 0.717) is 17.4 Å². The summed E-state index contributed by atoms with van der Waals surface area (Å²) in [4.78, 5) is 4.83. The van der Waals surface area contributed by atoms with E-state index >= 15 is 0 Å². The number of nitrogens with one attached hydrogen (secondary N) is 2. The number of ether oxygens (including phenoxy) is 1. The van der Waals surface area contributed by atoms with Crippen molar-refractivity contribution in [3.63, 3.8) is 0 Å². The lowest BCUT2D eigenvalue weighted by molar-refractivity contribution is 0.417. The van der Waals surface area contributed by atoms with Gasteiger partial charge in [0.05, 0.1) is 41.5 Å². The number of methoxy groups -OCH3 is 1. The second-order valence-electron chi connectivity index (χ2n) is 7.85. The molecule has 1 heterocycles. The smallest absolute Gasteiger partial charge is 0.229 e. The first-order chi connectivity index (χ1) is 14.7. The lowest BCUT2D eigenvalue weighted by Gasteiger charge is -2.17. The number of sulfonamides is 1. The molecule has 0 bridgehead atoms. The van der Waals surface area contributed by atoms with Gasteiger partial charge in [0.2, 0.25) is 10.0 Å². The summed E-state index contributed by atoms with van der Waals surface area (Å²) in [7, 11) is -1.82. The van der Waals surface area contributed by atoms with Crippen LogP contribution in [0.5, 0.6) is 5.75 Å². The van der Waals surface area contributed by atoms with Crippen molar-refractivity contribution < 1.29 is 13.2 Å². The maximum absolute atomic E-state index is 11.6. The fourth-order valence-electron chi connectivity index (χ4n) is 3.61. The number of anilines is 3. The van der Waals surface area contributed by atoms with Gasteiger partial charge < -0.3 is 10.1 Å². The molecule has 4 aromatic rings. The van der Waals surface area contributed by atoms with Gasteiger partial charge in [0.25, 0.3) is 0 Å². The molecule has 32 heavy (non-hydrogen) atoms. The van der Waals surface area contributed by atoms with E-state index in [2.05, 4.69) is 42.1 Å². The van der Waals surface area contributed by atoms with Crippen molar-refractivity contribution in [2.24, 2.45) is 0 Å². The Kier molecular flexibility index (Phi) is 6.81. The Balaban J connectivity index is 0.00000289. The van der Waals surface area contributed by atoms with Crippen LogP contribution in [0.3, 0.4) is 0 Å². The molecule has 6 nitrogen and oxygen atoms in total. The Morgan fingerprint density at radius 1 is 0.938 bits per heavy atom. The number of halogens is 1. The third-order valence-corrected chi connectivity index (χ3v) is 5.74. The van der Waals surface area contributed by atoms with Crippen LogP contribution in [0, 0.1) is 0 Å². The zero-order valence-electron chi connectivity index (χ0n) is 18.3. The molecule has 0 fully saturated rings. The predicted octanol–water partition coefficient (Wildman–Crippen LogP) is 6.06. The second kappa shape index (κ2) is 9.22. The summed E-state index contributed by atoms with van der Waals surface area (Å²) in [5, 5.41) is 5.54. The van der Waals surface area contributed by atoms with Crippen molar-refractivity contribution in [3.8, 4) is 5.75 Å². The van der Waals surface area contributed by atoms with Gasteiger partial charge in [0.15, 0.2) is 0 Å². The highest BCUT2D eigenvalue weighted by Crippen LogP contribution is 2.38. The van der Waals surface area contributed by atoms with Gasteiger partial charge in [-0.25, -0.2) is 13.4 Å². The molecule has 8 heteroatoms. The van der Waals surface area contributed by atoms with Crippen LogP contribution < -0.4 is 14.8 Å². The summed E-state index contributed by atoms with van der Waals surface area (Å²) in [6, 6.07) is 19.5. The van der Waals surface area contributed by atoms with Crippen LogP contribution in [0.25, 0.3) is 21.8 Å². The van der Waals surface area contributed by atoms with E-state index in [1.54, 1.807) is 25.3 Å². The number of hydrogen-bond donors (Lipinski definition) is 2. The van der Waals surface area contributed by atoms with Gasteiger partial charge in [0.1, 0.15) is 5.75 Å². The van der Waals surface area contributed by atoms with Crippen molar-refractivity contribution in [3.05, 3.63) is 66.2 Å². The Morgan fingerprint density at radius 2 is 1.66 bits per heavy atom. The number of aromatic nitrogens is 1. The van der Waals surface area contributed by atoms with Crippen molar-refractivity contribution in [1.82, 2.24) is 4.98 Å². The Morgan fingerprint density at radius 3 is 2.34 bits per heavy atom. The Bertz CT molecular complexity index is 1390. The molecule has 168 valence electrons. The van der Waals surface area contributed by atoms with E-state index in [1.165, 1.54) is 5.56 Å². The summed E-state index contributed by atoms with van der Waals surface area (Å²) in [5.74, 6) is 0.919. The van der Waals surface area contributed by atoms with Gasteiger partial charge in [-0.3, -0.25) is 4.72 Å². The Labute approximate surface area is 194 Å². The largest absolute Gasteiger partial charge is 0.494 e. The second-order valence-corrected chi connectivity index (χ2v) is 9.60. The van der Waals surface area contributed by atoms with Gasteiger partial charge in [0, 0.05) is 16.8 Å². The van der Waals surface area contributed by atoms with Gasteiger partial charge >= 0.3 is 0 Å². The minimum absolute atomic E-state index is 0. The minimum Gasteiger partial charge on any atom is -0.494 e. The molecule has 1 aromatic heterocycles. The van der Waals surface area contributed by atoms with Crippen molar-refractivity contribution in [2.75, 3.05) is 23.4 Å². The molecule has 0 aliphatic rings. The van der Waals surface area contributed by atoms with Crippen molar-refractivity contribution >= 4 is 61.3 Å². The highest BCUT2D eigenvalue weighted by Gasteiger charge is 2.14. The molecule has 0 amide bonds. The molecule has 0 atom stereocenters. The molecule has 3 aromatic carbocycles. The Hall–Kier alpha value is -3.03. The van der Waals surface area contributed by atoms with Gasteiger partial charge in [-0.05, 0) is 41.8 Å². The third kappa shape index (κ3) is 4.89. The van der Waals surface area contributed by atoms with E-state index in [0.717, 1.165) is 39.4 Å². The van der Waals surface area contributed by atoms with E-state index in [1.807, 2.05) is 24.3 Å². The topological polar surface area (TPSA) is 80.3 Å². The standard InChI is InChI=1S/C24H25N3O3S.ClH/c1-15(2)16-9-11-21-19(13-16)24(18-7-5-6-8-20(18)25-21)26-22-12-10-17(14-23(22)30-3)27-31(4,28)29;/h5-15,27H,1-4H3,(H,25,26);1H. The average Bonchev–Trinajstić information content (AvgIpc) is 2.73. The first-order valence-electron chi connectivity index (χ1n) is 10.0. The first kappa shape index (κ1) is 23.6. The third-order valence-electron chi connectivity index (χ3n) is 5.14. The summed E-state index contributed by atoms with van der Waals surface area (Å²) in [6.07, 6.45) is 1.12. The normalized spacial score (nSPS) is 11.4. The quantitative estimate of drug-likeness (QED) is 0.334. The fourth-order valence-corrected chi connectivity index (χ4v) is 4.16. The van der Waals surface area contributed by atoms with Crippen LogP contribution in [0.15, 0.2) is 60.7 Å². The number of fused-ring (bicyclic) bond motifs is 2. The molecule has 0 unspecified atom stereocenters. The predicted molar refractivity (Wildman–Crippen MR) is 135 cm³/mol. The van der Waals surface area contributed by atoms with Crippen LogP contribution >= 0.6 is 12.4 Å². The van der Waals surface area contributed by atoms with E-state index in [4.69, 9.17) is 9.72 Å². The molecule has 2 N–H and O–H groups in total. The van der Waals surface area contributed by atoms with Crippen LogP contribution in [-0.2, 0) is 10.0 Å². The molecule has 0 radical (unpaired) electrons. The highest BCUT2D eigenvalue weighted by molar-refractivity contribution is 7.92. The van der Waals surface area contributed by atoms with E-state index in [9.17, 15) is 8.42 Å². The lowest BCUT2D eigenvalue weighted by Crippen LogP contribution is -2.09. The number of pyridine rings is 1. The van der Waals surface area contributed by atoms with E-state index < -0.39 is 10.0 Å². The van der Waals surface area contributed by atoms with Crippen LogP contribution in [0.4, 0.5) is 17.1 Å². The number of hydrogen-bond acceptors (Lipinski definition) is 5. The summed E-state index contributed by atoms with van der Waals surface area (Å²) in [6.45, 7) is 4.33. The van der Waals surface area contributed by atoms with Crippen LogP contribution in [-0.4, -0.2) is 26.8 Å². The molecular formula is C24H26ClN3O3S. The van der Waals surface area contributed by atoms with E-state index in [-0.39, 0.29) is 12.4 Å². The first-order valence-corrected chi connectivity index (χ1v) is 11.9. The number of nitrogens with zero attached hydrogens (tertiary/aromatic N) is 1. The maximum atomic E-state index is 11.6.